The van der Waals surface area contributed by atoms with E-state index in [-0.39, 0.29) is 41.6 Å². The highest BCUT2D eigenvalue weighted by molar-refractivity contribution is 6.32. The Balaban J connectivity index is 1.27. The largest absolute Gasteiger partial charge is 0.327 e. The quantitative estimate of drug-likeness (QED) is 0.605. The number of piperazine rings is 1. The molecule has 1 saturated carbocycles. The Bertz CT molecular complexity index is 1020. The standard InChI is InChI=1S/C21H20ClN5O3/c22-18-15(7-4-8-23-18)24-20(29)25-9-10-26-17(12-25)19(28)27(21(26)30)16-11-14(16)13-5-2-1-3-6-13/h1-8,14,16-17H,9-12H2,(H,24,29). The van der Waals surface area contributed by atoms with Crippen molar-refractivity contribution in [2.75, 3.05) is 25.0 Å². The second-order valence-corrected chi connectivity index (χ2v) is 8.10. The number of halogens is 1. The maximum atomic E-state index is 13.1. The fraction of sp³-hybridized carbons (Fsp3) is 0.333. The van der Waals surface area contributed by atoms with Crippen molar-refractivity contribution in [1.82, 2.24) is 19.7 Å². The molecule has 2 aliphatic heterocycles. The molecule has 1 aromatic carbocycles. The normalized spacial score (nSPS) is 25.4. The lowest BCUT2D eigenvalue weighted by molar-refractivity contribution is -0.129. The summed E-state index contributed by atoms with van der Waals surface area (Å²) >= 11 is 6.01. The lowest BCUT2D eigenvalue weighted by Gasteiger charge is -2.35. The molecule has 9 heteroatoms. The summed E-state index contributed by atoms with van der Waals surface area (Å²) in [7, 11) is 0. The molecular formula is C21H20ClN5O3. The second-order valence-electron chi connectivity index (χ2n) is 7.74. The van der Waals surface area contributed by atoms with Gasteiger partial charge in [0.25, 0.3) is 5.91 Å². The first-order chi connectivity index (χ1) is 14.5. The van der Waals surface area contributed by atoms with Crippen molar-refractivity contribution in [1.29, 1.82) is 0 Å². The summed E-state index contributed by atoms with van der Waals surface area (Å²) in [5.74, 6) is -0.0343. The van der Waals surface area contributed by atoms with Gasteiger partial charge in [-0.15, -0.1) is 0 Å². The summed E-state index contributed by atoms with van der Waals surface area (Å²) in [6.07, 6.45) is 2.32. The van der Waals surface area contributed by atoms with E-state index >= 15 is 0 Å². The zero-order chi connectivity index (χ0) is 20.8. The van der Waals surface area contributed by atoms with Crippen molar-refractivity contribution < 1.29 is 14.4 Å². The number of anilines is 1. The van der Waals surface area contributed by atoms with Crippen LogP contribution >= 0.6 is 11.6 Å². The number of nitrogens with one attached hydrogen (secondary N) is 1. The first-order valence-electron chi connectivity index (χ1n) is 9.89. The molecule has 1 aromatic heterocycles. The minimum atomic E-state index is -0.640. The van der Waals surface area contributed by atoms with E-state index in [4.69, 9.17) is 11.6 Å². The fourth-order valence-electron chi connectivity index (χ4n) is 4.31. The highest BCUT2D eigenvalue weighted by Gasteiger charge is 2.56. The first-order valence-corrected chi connectivity index (χ1v) is 10.3. The van der Waals surface area contributed by atoms with Crippen LogP contribution in [0.4, 0.5) is 15.3 Å². The molecule has 30 heavy (non-hydrogen) atoms. The molecular weight excluding hydrogens is 406 g/mol. The molecule has 3 fully saturated rings. The van der Waals surface area contributed by atoms with Crippen LogP contribution in [0.25, 0.3) is 0 Å². The van der Waals surface area contributed by atoms with Gasteiger partial charge in [-0.25, -0.2) is 14.6 Å². The summed E-state index contributed by atoms with van der Waals surface area (Å²) in [4.78, 5) is 47.1. The Hall–Kier alpha value is -3.13. The Labute approximate surface area is 178 Å². The fourth-order valence-corrected chi connectivity index (χ4v) is 4.47. The van der Waals surface area contributed by atoms with Gasteiger partial charge in [0.2, 0.25) is 0 Å². The van der Waals surface area contributed by atoms with E-state index in [2.05, 4.69) is 10.3 Å². The van der Waals surface area contributed by atoms with Crippen molar-refractivity contribution in [2.45, 2.75) is 24.4 Å². The number of rotatable bonds is 3. The molecule has 1 N–H and O–H groups in total. The van der Waals surface area contributed by atoms with Crippen LogP contribution in [0.3, 0.4) is 0 Å². The summed E-state index contributed by atoms with van der Waals surface area (Å²) in [5.41, 5.74) is 1.55. The lowest BCUT2D eigenvalue weighted by atomic mass is 10.1. The highest BCUT2D eigenvalue weighted by atomic mass is 35.5. The maximum Gasteiger partial charge on any atom is 0.327 e. The van der Waals surface area contributed by atoms with Gasteiger partial charge in [0.15, 0.2) is 5.15 Å². The maximum absolute atomic E-state index is 13.1. The molecule has 2 aromatic rings. The highest BCUT2D eigenvalue weighted by Crippen LogP contribution is 2.46. The molecule has 8 nitrogen and oxygen atoms in total. The van der Waals surface area contributed by atoms with Crippen LogP contribution in [0.15, 0.2) is 48.7 Å². The average Bonchev–Trinajstić information content (AvgIpc) is 3.51. The van der Waals surface area contributed by atoms with Crippen molar-refractivity contribution in [3.63, 3.8) is 0 Å². The van der Waals surface area contributed by atoms with E-state index in [9.17, 15) is 14.4 Å². The Kier molecular flexibility index (Phi) is 4.58. The number of hydrogen-bond donors (Lipinski definition) is 1. The summed E-state index contributed by atoms with van der Waals surface area (Å²) < 4.78 is 0. The third-order valence-corrected chi connectivity index (χ3v) is 6.26. The van der Waals surface area contributed by atoms with Crippen molar-refractivity contribution in [3.05, 3.63) is 59.4 Å². The molecule has 154 valence electrons. The smallest absolute Gasteiger partial charge is 0.320 e. The molecule has 3 heterocycles. The van der Waals surface area contributed by atoms with E-state index < -0.39 is 6.04 Å². The Morgan fingerprint density at radius 2 is 1.90 bits per heavy atom. The van der Waals surface area contributed by atoms with Crippen LogP contribution in [-0.4, -0.2) is 69.4 Å². The third-order valence-electron chi connectivity index (χ3n) is 5.96. The van der Waals surface area contributed by atoms with Crippen LogP contribution in [0.2, 0.25) is 5.15 Å². The molecule has 3 aliphatic rings. The van der Waals surface area contributed by atoms with Crippen LogP contribution in [0.1, 0.15) is 17.9 Å². The number of hydrogen-bond acceptors (Lipinski definition) is 4. The average molecular weight is 426 g/mol. The number of nitrogens with zero attached hydrogens (tertiary/aromatic N) is 4. The zero-order valence-corrected chi connectivity index (χ0v) is 16.8. The molecule has 3 atom stereocenters. The number of imide groups is 1. The number of benzene rings is 1. The topological polar surface area (TPSA) is 85.8 Å². The van der Waals surface area contributed by atoms with Crippen LogP contribution < -0.4 is 5.32 Å². The van der Waals surface area contributed by atoms with Crippen molar-refractivity contribution >= 4 is 35.3 Å². The van der Waals surface area contributed by atoms with Gasteiger partial charge < -0.3 is 15.1 Å². The Morgan fingerprint density at radius 3 is 2.67 bits per heavy atom. The van der Waals surface area contributed by atoms with Gasteiger partial charge >= 0.3 is 12.1 Å². The monoisotopic (exact) mass is 425 g/mol. The van der Waals surface area contributed by atoms with E-state index in [1.807, 2.05) is 30.3 Å². The van der Waals surface area contributed by atoms with Gasteiger partial charge in [0, 0.05) is 31.2 Å². The SMILES string of the molecule is O=C(Nc1cccnc1Cl)N1CCN2C(=O)N(C3CC3c3ccccc3)C(=O)C2C1. The van der Waals surface area contributed by atoms with Crippen molar-refractivity contribution in [2.24, 2.45) is 0 Å². The molecule has 3 unspecified atom stereocenters. The number of urea groups is 2. The van der Waals surface area contributed by atoms with Gasteiger partial charge in [-0.3, -0.25) is 9.69 Å². The summed E-state index contributed by atoms with van der Waals surface area (Å²) in [5, 5.41) is 2.92. The Morgan fingerprint density at radius 1 is 1.10 bits per heavy atom. The molecule has 1 aliphatic carbocycles. The lowest BCUT2D eigenvalue weighted by Crippen LogP contribution is -2.55. The van der Waals surface area contributed by atoms with Gasteiger partial charge in [-0.2, -0.15) is 0 Å². The molecule has 5 amide bonds. The minimum Gasteiger partial charge on any atom is -0.320 e. The summed E-state index contributed by atoms with van der Waals surface area (Å²) in [6, 6.07) is 11.9. The number of carbonyl (C=O) groups is 3. The van der Waals surface area contributed by atoms with Gasteiger partial charge in [-0.1, -0.05) is 41.9 Å². The third kappa shape index (κ3) is 3.17. The number of aromatic nitrogens is 1. The zero-order valence-electron chi connectivity index (χ0n) is 16.1. The number of pyridine rings is 1. The van der Waals surface area contributed by atoms with E-state index in [1.54, 1.807) is 21.9 Å². The second kappa shape index (κ2) is 7.28. The number of amides is 5. The van der Waals surface area contributed by atoms with Gasteiger partial charge in [0.05, 0.1) is 12.2 Å². The first kappa shape index (κ1) is 18.9. The van der Waals surface area contributed by atoms with Crippen LogP contribution in [-0.2, 0) is 4.79 Å². The summed E-state index contributed by atoms with van der Waals surface area (Å²) in [6.45, 7) is 0.829. The molecule has 2 saturated heterocycles. The van der Waals surface area contributed by atoms with Crippen LogP contribution in [0.5, 0.6) is 0 Å². The minimum absolute atomic E-state index is 0.102. The van der Waals surface area contributed by atoms with Crippen LogP contribution in [0, 0.1) is 0 Å². The number of carbonyl (C=O) groups excluding carboxylic acids is 3. The van der Waals surface area contributed by atoms with E-state index in [0.717, 1.165) is 12.0 Å². The molecule has 0 bridgehead atoms. The molecule has 5 rings (SSSR count). The molecule has 0 spiro atoms. The van der Waals surface area contributed by atoms with Gasteiger partial charge in [0.1, 0.15) is 6.04 Å². The predicted octanol–water partition coefficient (Wildman–Crippen LogP) is 2.77. The van der Waals surface area contributed by atoms with E-state index in [1.165, 1.54) is 11.1 Å². The predicted molar refractivity (Wildman–Crippen MR) is 110 cm³/mol. The molecule has 0 radical (unpaired) electrons. The van der Waals surface area contributed by atoms with Gasteiger partial charge in [-0.05, 0) is 24.1 Å². The van der Waals surface area contributed by atoms with Crippen molar-refractivity contribution in [3.8, 4) is 0 Å². The number of fused-ring (bicyclic) bond motifs is 1. The van der Waals surface area contributed by atoms with E-state index in [0.29, 0.717) is 18.8 Å².